The summed E-state index contributed by atoms with van der Waals surface area (Å²) in [5.74, 6) is -1.04. The third-order valence-corrected chi connectivity index (χ3v) is 6.05. The number of hydrogen-bond donors (Lipinski definition) is 1. The number of rotatable bonds is 3. The van der Waals surface area contributed by atoms with Crippen molar-refractivity contribution in [2.75, 3.05) is 16.8 Å². The van der Waals surface area contributed by atoms with Crippen LogP contribution in [0.15, 0.2) is 54.6 Å². The third-order valence-electron chi connectivity index (χ3n) is 6.05. The van der Waals surface area contributed by atoms with E-state index in [1.165, 1.54) is 16.0 Å². The maximum atomic E-state index is 13.1. The molecule has 5 rings (SSSR count). The number of ether oxygens (including phenoxy) is 1. The number of benzene rings is 3. The van der Waals surface area contributed by atoms with Gasteiger partial charge in [-0.15, -0.1) is 0 Å². The van der Waals surface area contributed by atoms with E-state index in [-0.39, 0.29) is 24.3 Å². The lowest BCUT2D eigenvalue weighted by atomic mass is 10.00. The van der Waals surface area contributed by atoms with Gasteiger partial charge in [-0.3, -0.25) is 9.59 Å². The number of amides is 2. The van der Waals surface area contributed by atoms with E-state index < -0.39 is 12.6 Å². The Labute approximate surface area is 179 Å². The Bertz CT molecular complexity index is 1220. The molecule has 1 N–H and O–H groups in total. The Morgan fingerprint density at radius 2 is 1.81 bits per heavy atom. The summed E-state index contributed by atoms with van der Waals surface area (Å²) in [5.41, 5.74) is 4.13. The average molecular weight is 414 g/mol. The third kappa shape index (κ3) is 3.34. The molecule has 6 nitrogen and oxygen atoms in total. The molecule has 2 amide bonds. The molecular weight excluding hydrogens is 392 g/mol. The van der Waals surface area contributed by atoms with Crippen LogP contribution in [-0.4, -0.2) is 30.4 Å². The lowest BCUT2D eigenvalue weighted by molar-refractivity contribution is -0.122. The van der Waals surface area contributed by atoms with Crippen molar-refractivity contribution in [3.05, 3.63) is 71.3 Å². The molecule has 0 radical (unpaired) electrons. The monoisotopic (exact) mass is 414 g/mol. The summed E-state index contributed by atoms with van der Waals surface area (Å²) in [6, 6.07) is 16.5. The Hall–Kier alpha value is -3.67. The lowest BCUT2D eigenvalue weighted by Gasteiger charge is -2.27. The average Bonchev–Trinajstić information content (AvgIpc) is 3.13. The molecule has 1 aliphatic carbocycles. The highest BCUT2D eigenvalue weighted by Crippen LogP contribution is 2.34. The number of carbonyl (C=O) groups excluding carboxylic acids is 3. The molecule has 2 aliphatic rings. The van der Waals surface area contributed by atoms with Gasteiger partial charge in [-0.05, 0) is 59.9 Å². The van der Waals surface area contributed by atoms with Crippen molar-refractivity contribution in [3.63, 3.8) is 0 Å². The smallest absolute Gasteiger partial charge is 0.339 e. The van der Waals surface area contributed by atoms with Crippen LogP contribution in [0.1, 0.15) is 34.8 Å². The molecule has 1 aliphatic heterocycles. The molecule has 156 valence electrons. The van der Waals surface area contributed by atoms with Crippen molar-refractivity contribution >= 4 is 39.9 Å². The van der Waals surface area contributed by atoms with Gasteiger partial charge in [0.2, 0.25) is 5.91 Å². The standard InChI is InChI=1S/C25H22N2O4/c1-15-13-22(28)26-20-7-2-3-8-21(20)27(15)23(29)14-31-25(30)19-12-11-17-10-9-16-5-4-6-18(19)24(16)17/h2-8,11-12,15H,9-10,13-14H2,1H3,(H,26,28). The van der Waals surface area contributed by atoms with E-state index in [1.54, 1.807) is 24.3 Å². The second-order valence-corrected chi connectivity index (χ2v) is 8.07. The number of carbonyl (C=O) groups is 3. The molecule has 0 fully saturated rings. The zero-order valence-corrected chi connectivity index (χ0v) is 17.2. The van der Waals surface area contributed by atoms with Crippen LogP contribution in [0.4, 0.5) is 11.4 Å². The lowest BCUT2D eigenvalue weighted by Crippen LogP contribution is -2.41. The van der Waals surface area contributed by atoms with E-state index in [2.05, 4.69) is 11.4 Å². The van der Waals surface area contributed by atoms with Gasteiger partial charge in [0.15, 0.2) is 6.61 Å². The summed E-state index contributed by atoms with van der Waals surface area (Å²) in [6.07, 6.45) is 2.12. The van der Waals surface area contributed by atoms with Gasteiger partial charge in [0.05, 0.1) is 16.9 Å². The molecule has 0 saturated carbocycles. The van der Waals surface area contributed by atoms with Crippen molar-refractivity contribution < 1.29 is 19.1 Å². The number of hydrogen-bond acceptors (Lipinski definition) is 4. The Morgan fingerprint density at radius 3 is 2.65 bits per heavy atom. The van der Waals surface area contributed by atoms with Crippen molar-refractivity contribution in [2.24, 2.45) is 0 Å². The SMILES string of the molecule is CC1CC(=O)Nc2ccccc2N1C(=O)COC(=O)c1ccc2c3c(cccc13)CC2. The number of esters is 1. The molecule has 3 aromatic carbocycles. The molecule has 3 aromatic rings. The van der Waals surface area contributed by atoms with Crippen molar-refractivity contribution in [3.8, 4) is 0 Å². The van der Waals surface area contributed by atoms with E-state index in [9.17, 15) is 14.4 Å². The zero-order valence-electron chi connectivity index (χ0n) is 17.2. The van der Waals surface area contributed by atoms with E-state index in [0.29, 0.717) is 16.9 Å². The van der Waals surface area contributed by atoms with Crippen molar-refractivity contribution in [1.29, 1.82) is 0 Å². The van der Waals surface area contributed by atoms with Crippen LogP contribution < -0.4 is 10.2 Å². The molecule has 0 bridgehead atoms. The van der Waals surface area contributed by atoms with Crippen LogP contribution in [0.2, 0.25) is 0 Å². The first-order chi connectivity index (χ1) is 15.0. The minimum atomic E-state index is -0.520. The summed E-state index contributed by atoms with van der Waals surface area (Å²) >= 11 is 0. The van der Waals surface area contributed by atoms with Gasteiger partial charge in [-0.25, -0.2) is 4.79 Å². The minimum Gasteiger partial charge on any atom is -0.452 e. The van der Waals surface area contributed by atoms with Gasteiger partial charge in [0.25, 0.3) is 5.91 Å². The summed E-state index contributed by atoms with van der Waals surface area (Å²) in [7, 11) is 0. The summed E-state index contributed by atoms with van der Waals surface area (Å²) in [4.78, 5) is 39.6. The van der Waals surface area contributed by atoms with Crippen LogP contribution in [-0.2, 0) is 27.2 Å². The number of para-hydroxylation sites is 2. The summed E-state index contributed by atoms with van der Waals surface area (Å²) < 4.78 is 5.45. The van der Waals surface area contributed by atoms with Gasteiger partial charge >= 0.3 is 5.97 Å². The molecule has 31 heavy (non-hydrogen) atoms. The largest absolute Gasteiger partial charge is 0.452 e. The number of anilines is 2. The van der Waals surface area contributed by atoms with E-state index in [1.807, 2.05) is 31.2 Å². The first kappa shape index (κ1) is 19.3. The van der Waals surface area contributed by atoms with E-state index in [0.717, 1.165) is 23.6 Å². The molecular formula is C25H22N2O4. The first-order valence-corrected chi connectivity index (χ1v) is 10.4. The minimum absolute atomic E-state index is 0.153. The van der Waals surface area contributed by atoms with Gasteiger partial charge in [0.1, 0.15) is 0 Å². The molecule has 6 heteroatoms. The van der Waals surface area contributed by atoms with Gasteiger partial charge < -0.3 is 15.0 Å². The van der Waals surface area contributed by atoms with Crippen LogP contribution in [0.3, 0.4) is 0 Å². The Morgan fingerprint density at radius 1 is 1.03 bits per heavy atom. The van der Waals surface area contributed by atoms with Crippen LogP contribution in [0, 0.1) is 0 Å². The normalized spacial score (nSPS) is 17.1. The predicted octanol–water partition coefficient (Wildman–Crippen LogP) is 3.86. The van der Waals surface area contributed by atoms with Gasteiger partial charge in [-0.1, -0.05) is 36.4 Å². The topological polar surface area (TPSA) is 75.7 Å². The maximum absolute atomic E-state index is 13.1. The van der Waals surface area contributed by atoms with Crippen molar-refractivity contribution in [1.82, 2.24) is 0 Å². The van der Waals surface area contributed by atoms with Crippen LogP contribution in [0.5, 0.6) is 0 Å². The predicted molar refractivity (Wildman–Crippen MR) is 118 cm³/mol. The number of nitrogens with one attached hydrogen (secondary N) is 1. The molecule has 1 heterocycles. The number of aryl methyl sites for hydroxylation is 2. The molecule has 1 atom stereocenters. The second-order valence-electron chi connectivity index (χ2n) is 8.07. The quantitative estimate of drug-likeness (QED) is 0.661. The zero-order chi connectivity index (χ0) is 21.5. The highest BCUT2D eigenvalue weighted by Gasteiger charge is 2.30. The highest BCUT2D eigenvalue weighted by molar-refractivity contribution is 6.09. The number of fused-ring (bicyclic) bond motifs is 1. The van der Waals surface area contributed by atoms with Crippen molar-refractivity contribution in [2.45, 2.75) is 32.2 Å². The first-order valence-electron chi connectivity index (χ1n) is 10.4. The fourth-order valence-corrected chi connectivity index (χ4v) is 4.67. The molecule has 1 unspecified atom stereocenters. The maximum Gasteiger partial charge on any atom is 0.339 e. The Kier molecular flexibility index (Phi) is 4.70. The summed E-state index contributed by atoms with van der Waals surface area (Å²) in [6.45, 7) is 1.42. The summed E-state index contributed by atoms with van der Waals surface area (Å²) in [5, 5.41) is 4.82. The van der Waals surface area contributed by atoms with E-state index >= 15 is 0 Å². The highest BCUT2D eigenvalue weighted by atomic mass is 16.5. The van der Waals surface area contributed by atoms with E-state index in [4.69, 9.17) is 4.74 Å². The number of nitrogens with zero attached hydrogens (tertiary/aromatic N) is 1. The molecule has 0 saturated heterocycles. The van der Waals surface area contributed by atoms with Crippen LogP contribution >= 0.6 is 0 Å². The molecule has 0 aromatic heterocycles. The van der Waals surface area contributed by atoms with Crippen LogP contribution in [0.25, 0.3) is 10.8 Å². The molecule has 0 spiro atoms. The Balaban J connectivity index is 1.38. The van der Waals surface area contributed by atoms with Gasteiger partial charge in [-0.2, -0.15) is 0 Å². The second kappa shape index (κ2) is 7.54. The fraction of sp³-hybridized carbons (Fsp3) is 0.240. The fourth-order valence-electron chi connectivity index (χ4n) is 4.67. The van der Waals surface area contributed by atoms with Gasteiger partial charge in [0, 0.05) is 12.5 Å².